The number of terminal acetylenes is 1. The zero-order chi connectivity index (χ0) is 11.0. The van der Waals surface area contributed by atoms with E-state index in [2.05, 4.69) is 17.5 Å². The highest BCUT2D eigenvalue weighted by molar-refractivity contribution is 8.03. The molecule has 0 atom stereocenters. The molecule has 76 valence electrons. The molecule has 0 radical (unpaired) electrons. The Morgan fingerprint density at radius 3 is 2.64 bits per heavy atom. The number of hydrogen-bond donors (Lipinski definition) is 0. The number of methoxy groups -OCH3 is 1. The fraction of sp³-hybridized carbons (Fsp3) is 0.364. The van der Waals surface area contributed by atoms with Gasteiger partial charge >= 0.3 is 0 Å². The highest BCUT2D eigenvalue weighted by Crippen LogP contribution is 2.22. The van der Waals surface area contributed by atoms with Crippen LogP contribution in [0.15, 0.2) is 28.4 Å². The van der Waals surface area contributed by atoms with Crippen molar-refractivity contribution in [1.29, 1.82) is 0 Å². The van der Waals surface area contributed by atoms with Crippen molar-refractivity contribution in [1.82, 2.24) is 0 Å². The topological polar surface area (TPSA) is 21.6 Å². The average Bonchev–Trinajstić information content (AvgIpc) is 2.15. The quantitative estimate of drug-likeness (QED) is 0.300. The summed E-state index contributed by atoms with van der Waals surface area (Å²) in [6, 6.07) is 0. The van der Waals surface area contributed by atoms with Gasteiger partial charge in [-0.15, -0.1) is 6.42 Å². The van der Waals surface area contributed by atoms with Gasteiger partial charge in [0, 0.05) is 5.71 Å². The van der Waals surface area contributed by atoms with Crippen LogP contribution in [0.1, 0.15) is 13.8 Å². The van der Waals surface area contributed by atoms with Gasteiger partial charge in [0.25, 0.3) is 0 Å². The van der Waals surface area contributed by atoms with Crippen LogP contribution in [-0.4, -0.2) is 18.6 Å². The van der Waals surface area contributed by atoms with Crippen molar-refractivity contribution in [3.05, 3.63) is 23.4 Å². The fourth-order valence-corrected chi connectivity index (χ4v) is 1.51. The summed E-state index contributed by atoms with van der Waals surface area (Å²) in [7, 11) is 1.59. The summed E-state index contributed by atoms with van der Waals surface area (Å²) in [5, 5.41) is 0.778. The van der Waals surface area contributed by atoms with Crippen LogP contribution in [-0.2, 0) is 4.74 Å². The molecule has 0 spiro atoms. The molecule has 0 aliphatic heterocycles. The summed E-state index contributed by atoms with van der Waals surface area (Å²) in [5.74, 6) is 3.78. The minimum absolute atomic E-state index is 0.576. The van der Waals surface area contributed by atoms with Crippen LogP contribution >= 0.6 is 11.8 Å². The second-order valence-electron chi connectivity index (χ2n) is 2.63. The summed E-state index contributed by atoms with van der Waals surface area (Å²) < 4.78 is 5.12. The van der Waals surface area contributed by atoms with E-state index >= 15 is 0 Å². The van der Waals surface area contributed by atoms with Crippen molar-refractivity contribution in [3.63, 3.8) is 0 Å². The molecule has 0 aromatic carbocycles. The van der Waals surface area contributed by atoms with Crippen molar-refractivity contribution in [2.45, 2.75) is 13.8 Å². The van der Waals surface area contributed by atoms with Gasteiger partial charge in [0.15, 0.2) is 0 Å². The molecule has 3 heteroatoms. The van der Waals surface area contributed by atoms with E-state index in [0.717, 1.165) is 10.7 Å². The summed E-state index contributed by atoms with van der Waals surface area (Å²) in [5.41, 5.74) is 0.959. The first-order chi connectivity index (χ1) is 6.65. The molecular formula is C11H15NOS. The minimum atomic E-state index is 0.576. The van der Waals surface area contributed by atoms with Gasteiger partial charge in [0.2, 0.25) is 0 Å². The maximum atomic E-state index is 5.18. The third-order valence-electron chi connectivity index (χ3n) is 1.23. The molecule has 2 nitrogen and oxygen atoms in total. The molecule has 0 rings (SSSR count). The Bertz CT molecular complexity index is 293. The lowest BCUT2D eigenvalue weighted by Crippen LogP contribution is -1.90. The normalized spacial score (nSPS) is 11.0. The molecule has 0 aliphatic carbocycles. The van der Waals surface area contributed by atoms with E-state index in [1.54, 1.807) is 13.2 Å². The lowest BCUT2D eigenvalue weighted by atomic mass is 10.5. The van der Waals surface area contributed by atoms with E-state index in [1.807, 2.05) is 13.8 Å². The number of nitrogens with zero attached hydrogens (tertiary/aromatic N) is 1. The Labute approximate surface area is 90.1 Å². The maximum Gasteiger partial charge on any atom is 0.150 e. The second-order valence-corrected chi connectivity index (χ2v) is 3.59. The molecular weight excluding hydrogens is 194 g/mol. The third-order valence-corrected chi connectivity index (χ3v) is 2.11. The van der Waals surface area contributed by atoms with Crippen LogP contribution in [0.5, 0.6) is 0 Å². The van der Waals surface area contributed by atoms with Gasteiger partial charge < -0.3 is 4.74 Å². The maximum absolute atomic E-state index is 5.18. The number of rotatable bonds is 5. The molecule has 0 heterocycles. The van der Waals surface area contributed by atoms with Crippen LogP contribution < -0.4 is 0 Å². The zero-order valence-electron chi connectivity index (χ0n) is 8.83. The first-order valence-electron chi connectivity index (χ1n) is 4.14. The average molecular weight is 209 g/mol. The lowest BCUT2D eigenvalue weighted by Gasteiger charge is -2.05. The molecule has 0 saturated carbocycles. The number of aliphatic imine (C=N–C) groups is 1. The number of thioether (sulfide) groups is 1. The monoisotopic (exact) mass is 209 g/mol. The standard InChI is InChI=1S/C11H15NOS/c1-6-8-14-11(12-9(3)4)10(7-2)13-5/h1,7H,2,8H2,3-5H3/b11-10+. The molecule has 0 aromatic rings. The number of hydrogen-bond acceptors (Lipinski definition) is 3. The highest BCUT2D eigenvalue weighted by atomic mass is 32.2. The van der Waals surface area contributed by atoms with Gasteiger partial charge in [0.1, 0.15) is 10.8 Å². The first kappa shape index (κ1) is 12.9. The SMILES string of the molecule is C#CCS/C(N=C(C)C)=C(\C=C)OC. The largest absolute Gasteiger partial charge is 0.494 e. The van der Waals surface area contributed by atoms with Gasteiger partial charge in [-0.2, -0.15) is 0 Å². The van der Waals surface area contributed by atoms with Gasteiger partial charge in [-0.1, -0.05) is 24.3 Å². The highest BCUT2D eigenvalue weighted by Gasteiger charge is 2.03. The van der Waals surface area contributed by atoms with Gasteiger partial charge in [0.05, 0.1) is 12.9 Å². The van der Waals surface area contributed by atoms with E-state index < -0.39 is 0 Å². The molecule has 0 saturated heterocycles. The predicted octanol–water partition coefficient (Wildman–Crippen LogP) is 2.84. The molecule has 14 heavy (non-hydrogen) atoms. The Morgan fingerprint density at radius 1 is 1.64 bits per heavy atom. The van der Waals surface area contributed by atoms with Crippen LogP contribution in [0.4, 0.5) is 0 Å². The van der Waals surface area contributed by atoms with E-state index in [0.29, 0.717) is 11.5 Å². The van der Waals surface area contributed by atoms with E-state index in [1.165, 1.54) is 11.8 Å². The van der Waals surface area contributed by atoms with Gasteiger partial charge in [-0.05, 0) is 19.9 Å². The number of ether oxygens (including phenoxy) is 1. The summed E-state index contributed by atoms with van der Waals surface area (Å²) >= 11 is 1.47. The van der Waals surface area contributed by atoms with E-state index in [4.69, 9.17) is 11.2 Å². The van der Waals surface area contributed by atoms with Crippen molar-refractivity contribution in [3.8, 4) is 12.3 Å². The Morgan fingerprint density at radius 2 is 2.29 bits per heavy atom. The molecule has 0 amide bonds. The zero-order valence-corrected chi connectivity index (χ0v) is 9.65. The molecule has 0 unspecified atom stereocenters. The van der Waals surface area contributed by atoms with Gasteiger partial charge in [-0.3, -0.25) is 0 Å². The van der Waals surface area contributed by atoms with E-state index in [-0.39, 0.29) is 0 Å². The Kier molecular flexibility index (Phi) is 6.69. The fourth-order valence-electron chi connectivity index (χ4n) is 0.730. The molecule has 0 aromatic heterocycles. The second kappa shape index (κ2) is 7.28. The summed E-state index contributed by atoms with van der Waals surface area (Å²) in [6.45, 7) is 7.50. The summed E-state index contributed by atoms with van der Waals surface area (Å²) in [4.78, 5) is 4.32. The predicted molar refractivity (Wildman–Crippen MR) is 64.3 cm³/mol. The minimum Gasteiger partial charge on any atom is -0.494 e. The third kappa shape index (κ3) is 4.78. The molecule has 0 fully saturated rings. The Hall–Kier alpha value is -1.14. The van der Waals surface area contributed by atoms with E-state index in [9.17, 15) is 0 Å². The van der Waals surface area contributed by atoms with Crippen LogP contribution in [0.25, 0.3) is 0 Å². The van der Waals surface area contributed by atoms with Crippen LogP contribution in [0.3, 0.4) is 0 Å². The molecule has 0 bridgehead atoms. The smallest absolute Gasteiger partial charge is 0.150 e. The molecule has 0 N–H and O–H groups in total. The van der Waals surface area contributed by atoms with Gasteiger partial charge in [-0.25, -0.2) is 4.99 Å². The van der Waals surface area contributed by atoms with Crippen LogP contribution in [0, 0.1) is 12.3 Å². The molecule has 0 aliphatic rings. The Balaban J connectivity index is 4.87. The summed E-state index contributed by atoms with van der Waals surface area (Å²) in [6.07, 6.45) is 6.81. The first-order valence-corrected chi connectivity index (χ1v) is 5.13. The van der Waals surface area contributed by atoms with Crippen molar-refractivity contribution >= 4 is 17.5 Å². The van der Waals surface area contributed by atoms with Crippen molar-refractivity contribution < 1.29 is 4.74 Å². The number of allylic oxidation sites excluding steroid dienone is 1. The lowest BCUT2D eigenvalue weighted by molar-refractivity contribution is 0.305. The van der Waals surface area contributed by atoms with Crippen LogP contribution in [0.2, 0.25) is 0 Å². The van der Waals surface area contributed by atoms with Crippen molar-refractivity contribution in [2.75, 3.05) is 12.9 Å². The van der Waals surface area contributed by atoms with Crippen molar-refractivity contribution in [2.24, 2.45) is 4.99 Å².